The lowest BCUT2D eigenvalue weighted by molar-refractivity contribution is 0.0920. The van der Waals surface area contributed by atoms with E-state index in [2.05, 4.69) is 15.5 Å². The van der Waals surface area contributed by atoms with Crippen LogP contribution in [0.1, 0.15) is 16.2 Å². The number of para-hydroxylation sites is 1. The first-order chi connectivity index (χ1) is 12.2. The summed E-state index contributed by atoms with van der Waals surface area (Å²) in [5.74, 6) is 0.529. The molecule has 1 heterocycles. The maximum absolute atomic E-state index is 12.1. The molecule has 3 aromatic rings. The van der Waals surface area contributed by atoms with Crippen LogP contribution in [-0.4, -0.2) is 29.8 Å². The van der Waals surface area contributed by atoms with Crippen molar-refractivity contribution in [2.24, 2.45) is 0 Å². The molecule has 7 heteroatoms. The van der Waals surface area contributed by atoms with E-state index >= 15 is 0 Å². The molecule has 1 amide bonds. The molecule has 128 valence electrons. The van der Waals surface area contributed by atoms with Crippen LogP contribution in [0.2, 0.25) is 5.02 Å². The maximum atomic E-state index is 12.1. The van der Waals surface area contributed by atoms with E-state index in [1.54, 1.807) is 31.4 Å². The van der Waals surface area contributed by atoms with Gasteiger partial charge in [-0.05, 0) is 36.2 Å². The smallest absolute Gasteiger partial charge is 0.308 e. The Morgan fingerprint density at radius 2 is 2.04 bits per heavy atom. The quantitative estimate of drug-likeness (QED) is 0.731. The molecular formula is C18H16ClN3O3. The Balaban J connectivity index is 1.61. The van der Waals surface area contributed by atoms with Crippen molar-refractivity contribution < 1.29 is 13.9 Å². The normalized spacial score (nSPS) is 10.5. The third-order valence-corrected chi connectivity index (χ3v) is 3.80. The Hall–Kier alpha value is -2.86. The summed E-state index contributed by atoms with van der Waals surface area (Å²) in [6.07, 6.45) is 0.630. The standard InChI is InChI=1S/C18H16ClN3O3/c1-24-15-8-3-2-5-12(15)9-10-20-16(23)18-22-21-17(25-18)13-6-4-7-14(19)11-13/h2-8,11H,9-10H2,1H3,(H,20,23). The number of aromatic nitrogens is 2. The van der Waals surface area contributed by atoms with E-state index in [0.29, 0.717) is 23.6 Å². The number of halogens is 1. The summed E-state index contributed by atoms with van der Waals surface area (Å²) >= 11 is 5.94. The van der Waals surface area contributed by atoms with Crippen LogP contribution >= 0.6 is 11.6 Å². The van der Waals surface area contributed by atoms with Gasteiger partial charge in [-0.2, -0.15) is 0 Å². The molecule has 0 unspecified atom stereocenters. The highest BCUT2D eigenvalue weighted by Crippen LogP contribution is 2.21. The van der Waals surface area contributed by atoms with Crippen molar-refractivity contribution in [3.8, 4) is 17.2 Å². The molecule has 0 spiro atoms. The zero-order valence-electron chi connectivity index (χ0n) is 13.5. The van der Waals surface area contributed by atoms with E-state index in [9.17, 15) is 4.79 Å². The molecule has 0 saturated heterocycles. The first kappa shape index (κ1) is 17.0. The molecule has 1 N–H and O–H groups in total. The number of amides is 1. The maximum Gasteiger partial charge on any atom is 0.308 e. The Bertz CT molecular complexity index is 879. The number of hydrogen-bond donors (Lipinski definition) is 1. The average Bonchev–Trinajstić information content (AvgIpc) is 3.12. The zero-order valence-corrected chi connectivity index (χ0v) is 14.3. The van der Waals surface area contributed by atoms with Gasteiger partial charge in [0.15, 0.2) is 0 Å². The van der Waals surface area contributed by atoms with Crippen LogP contribution in [-0.2, 0) is 6.42 Å². The molecule has 0 aliphatic carbocycles. The van der Waals surface area contributed by atoms with Gasteiger partial charge in [-0.3, -0.25) is 4.79 Å². The van der Waals surface area contributed by atoms with Crippen LogP contribution in [0.3, 0.4) is 0 Å². The Kier molecular flexibility index (Phi) is 5.30. The lowest BCUT2D eigenvalue weighted by atomic mass is 10.1. The van der Waals surface area contributed by atoms with E-state index < -0.39 is 5.91 Å². The molecule has 0 atom stereocenters. The Morgan fingerprint density at radius 1 is 1.20 bits per heavy atom. The lowest BCUT2D eigenvalue weighted by Crippen LogP contribution is -2.26. The Morgan fingerprint density at radius 3 is 2.84 bits per heavy atom. The minimum absolute atomic E-state index is 0.0880. The predicted molar refractivity (Wildman–Crippen MR) is 93.8 cm³/mol. The van der Waals surface area contributed by atoms with E-state index in [-0.39, 0.29) is 11.8 Å². The van der Waals surface area contributed by atoms with Gasteiger partial charge in [-0.25, -0.2) is 0 Å². The molecule has 1 aromatic heterocycles. The third kappa shape index (κ3) is 4.16. The highest BCUT2D eigenvalue weighted by Gasteiger charge is 2.15. The van der Waals surface area contributed by atoms with Gasteiger partial charge in [0.2, 0.25) is 5.89 Å². The monoisotopic (exact) mass is 357 g/mol. The topological polar surface area (TPSA) is 77.2 Å². The summed E-state index contributed by atoms with van der Waals surface area (Å²) in [7, 11) is 1.62. The summed E-state index contributed by atoms with van der Waals surface area (Å²) in [6, 6.07) is 14.6. The average molecular weight is 358 g/mol. The highest BCUT2D eigenvalue weighted by molar-refractivity contribution is 6.30. The molecule has 0 aliphatic rings. The number of nitrogens with one attached hydrogen (secondary N) is 1. The second-order valence-electron chi connectivity index (χ2n) is 5.24. The van der Waals surface area contributed by atoms with Gasteiger partial charge in [-0.15, -0.1) is 10.2 Å². The van der Waals surface area contributed by atoms with Crippen molar-refractivity contribution >= 4 is 17.5 Å². The van der Waals surface area contributed by atoms with Crippen molar-refractivity contribution in [1.82, 2.24) is 15.5 Å². The largest absolute Gasteiger partial charge is 0.496 e. The lowest BCUT2D eigenvalue weighted by Gasteiger charge is -2.08. The fraction of sp³-hybridized carbons (Fsp3) is 0.167. The number of hydrogen-bond acceptors (Lipinski definition) is 5. The van der Waals surface area contributed by atoms with E-state index in [0.717, 1.165) is 11.3 Å². The van der Waals surface area contributed by atoms with Crippen molar-refractivity contribution in [3.63, 3.8) is 0 Å². The fourth-order valence-corrected chi connectivity index (χ4v) is 2.54. The van der Waals surface area contributed by atoms with Crippen LogP contribution in [0.4, 0.5) is 0 Å². The molecular weight excluding hydrogens is 342 g/mol. The number of benzene rings is 2. The molecule has 25 heavy (non-hydrogen) atoms. The van der Waals surface area contributed by atoms with Gasteiger partial charge in [0.1, 0.15) is 5.75 Å². The van der Waals surface area contributed by atoms with Crippen molar-refractivity contribution in [3.05, 3.63) is 65.0 Å². The molecule has 2 aromatic carbocycles. The third-order valence-electron chi connectivity index (χ3n) is 3.56. The van der Waals surface area contributed by atoms with Crippen molar-refractivity contribution in [2.45, 2.75) is 6.42 Å². The summed E-state index contributed by atoms with van der Waals surface area (Å²) in [5.41, 5.74) is 1.67. The van der Waals surface area contributed by atoms with Gasteiger partial charge in [-0.1, -0.05) is 35.9 Å². The number of nitrogens with zero attached hydrogens (tertiary/aromatic N) is 2. The van der Waals surface area contributed by atoms with Gasteiger partial charge < -0.3 is 14.5 Å². The summed E-state index contributed by atoms with van der Waals surface area (Å²) in [5, 5.41) is 11.0. The fourth-order valence-electron chi connectivity index (χ4n) is 2.35. The predicted octanol–water partition coefficient (Wildman–Crippen LogP) is 3.37. The molecule has 6 nitrogen and oxygen atoms in total. The summed E-state index contributed by atoms with van der Waals surface area (Å²) in [4.78, 5) is 12.1. The van der Waals surface area contributed by atoms with Gasteiger partial charge >= 0.3 is 11.8 Å². The van der Waals surface area contributed by atoms with Gasteiger partial charge in [0, 0.05) is 17.1 Å². The summed E-state index contributed by atoms with van der Waals surface area (Å²) in [6.45, 7) is 0.425. The number of carbonyl (C=O) groups is 1. The van der Waals surface area contributed by atoms with Gasteiger partial charge in [0.25, 0.3) is 0 Å². The SMILES string of the molecule is COc1ccccc1CCNC(=O)c1nnc(-c2cccc(Cl)c2)o1. The van der Waals surface area contributed by atoms with Gasteiger partial charge in [0.05, 0.1) is 7.11 Å². The first-order valence-electron chi connectivity index (χ1n) is 7.67. The molecule has 3 rings (SSSR count). The van der Waals surface area contributed by atoms with Crippen LogP contribution in [0.15, 0.2) is 52.9 Å². The number of methoxy groups -OCH3 is 1. The van der Waals surface area contributed by atoms with E-state index in [1.807, 2.05) is 24.3 Å². The van der Waals surface area contributed by atoms with Crippen LogP contribution in [0, 0.1) is 0 Å². The number of rotatable bonds is 6. The zero-order chi connectivity index (χ0) is 17.6. The van der Waals surface area contributed by atoms with E-state index in [1.165, 1.54) is 0 Å². The molecule has 0 radical (unpaired) electrons. The molecule has 0 fully saturated rings. The summed E-state index contributed by atoms with van der Waals surface area (Å²) < 4.78 is 10.7. The van der Waals surface area contributed by atoms with Crippen LogP contribution in [0.5, 0.6) is 5.75 Å². The highest BCUT2D eigenvalue weighted by atomic mass is 35.5. The molecule has 0 aliphatic heterocycles. The minimum atomic E-state index is -0.421. The first-order valence-corrected chi connectivity index (χ1v) is 8.04. The second kappa shape index (κ2) is 7.81. The molecule has 0 saturated carbocycles. The number of ether oxygens (including phenoxy) is 1. The van der Waals surface area contributed by atoms with Crippen molar-refractivity contribution in [1.29, 1.82) is 0 Å². The Labute approximate surface area is 149 Å². The van der Waals surface area contributed by atoms with Crippen LogP contribution < -0.4 is 10.1 Å². The van der Waals surface area contributed by atoms with Crippen molar-refractivity contribution in [2.75, 3.05) is 13.7 Å². The van der Waals surface area contributed by atoms with Crippen LogP contribution in [0.25, 0.3) is 11.5 Å². The van der Waals surface area contributed by atoms with E-state index in [4.69, 9.17) is 20.8 Å². The minimum Gasteiger partial charge on any atom is -0.496 e. The molecule has 0 bridgehead atoms. The number of carbonyl (C=O) groups excluding carboxylic acids is 1. The second-order valence-corrected chi connectivity index (χ2v) is 5.68.